The predicted octanol–water partition coefficient (Wildman–Crippen LogP) is 7.03. The first kappa shape index (κ1) is 16.6. The maximum Gasteiger partial charge on any atom is 0.178 e. The van der Waals surface area contributed by atoms with Crippen molar-refractivity contribution in [3.05, 3.63) is 18.3 Å². The number of rotatable bonds is 6. The van der Waals surface area contributed by atoms with E-state index in [-0.39, 0.29) is 22.4 Å². The Bertz CT molecular complexity index is 633. The minimum atomic E-state index is -0.362. The Kier molecular flexibility index (Phi) is 5.79. The van der Waals surface area contributed by atoms with Crippen molar-refractivity contribution in [3.8, 4) is 0 Å². The largest absolute Gasteiger partial charge is 0.293 e. The first-order valence-electron chi connectivity index (χ1n) is 6.61. The number of thiophene rings is 2. The normalized spacial score (nSPS) is 13.1. The molecule has 2 heterocycles. The minimum Gasteiger partial charge on any atom is -0.293 e. The van der Waals surface area contributed by atoms with Crippen LogP contribution in [-0.4, -0.2) is 5.78 Å². The van der Waals surface area contributed by atoms with Gasteiger partial charge in [-0.15, -0.1) is 22.7 Å². The van der Waals surface area contributed by atoms with Gasteiger partial charge in [0.1, 0.15) is 4.88 Å². The molecule has 0 saturated carbocycles. The number of unbranched alkanes of at least 4 members (excludes halogenated alkanes) is 1. The highest BCUT2D eigenvalue weighted by Crippen LogP contribution is 2.46. The van der Waals surface area contributed by atoms with E-state index in [1.165, 1.54) is 22.7 Å². The lowest BCUT2D eigenvalue weighted by Gasteiger charge is -2.11. The quantitative estimate of drug-likeness (QED) is 0.440. The molecule has 0 bridgehead atoms. The lowest BCUT2D eigenvalue weighted by molar-refractivity contribution is 0.0909. The summed E-state index contributed by atoms with van der Waals surface area (Å²) in [5.74, 6) is -0.462. The fraction of sp³-hybridized carbons (Fsp3) is 0.500. The van der Waals surface area contributed by atoms with Gasteiger partial charge in [-0.2, -0.15) is 0 Å². The van der Waals surface area contributed by atoms with Crippen LogP contribution in [0.5, 0.6) is 0 Å². The van der Waals surface area contributed by atoms with Gasteiger partial charge in [-0.3, -0.25) is 4.79 Å². The van der Waals surface area contributed by atoms with Gasteiger partial charge in [0.2, 0.25) is 0 Å². The maximum atomic E-state index is 14.5. The van der Waals surface area contributed by atoms with Gasteiger partial charge in [-0.25, -0.2) is 4.39 Å². The molecule has 0 unspecified atom stereocenters. The summed E-state index contributed by atoms with van der Waals surface area (Å²) in [5.41, 5.74) is 0. The van der Waals surface area contributed by atoms with Gasteiger partial charge in [0, 0.05) is 5.92 Å². The molecule has 110 valence electrons. The first-order chi connectivity index (χ1) is 9.51. The van der Waals surface area contributed by atoms with Crippen molar-refractivity contribution in [2.24, 2.45) is 5.92 Å². The predicted molar refractivity (Wildman–Crippen MR) is 92.7 cm³/mol. The molecular formula is C14H15Br2FOS2. The molecule has 0 N–H and O–H groups in total. The van der Waals surface area contributed by atoms with E-state index in [4.69, 9.17) is 0 Å². The monoisotopic (exact) mass is 440 g/mol. The highest BCUT2D eigenvalue weighted by molar-refractivity contribution is 9.12. The number of halogens is 3. The van der Waals surface area contributed by atoms with Crippen LogP contribution in [0.1, 0.15) is 49.2 Å². The minimum absolute atomic E-state index is 0.0385. The van der Waals surface area contributed by atoms with Gasteiger partial charge in [0.05, 0.1) is 17.7 Å². The van der Waals surface area contributed by atoms with Crippen molar-refractivity contribution in [2.45, 2.75) is 39.5 Å². The highest BCUT2D eigenvalue weighted by atomic mass is 79.9. The molecule has 0 saturated heterocycles. The first-order valence-corrected chi connectivity index (χ1v) is 9.83. The van der Waals surface area contributed by atoms with E-state index in [1.54, 1.807) is 0 Å². The van der Waals surface area contributed by atoms with Crippen LogP contribution in [-0.2, 0) is 0 Å². The summed E-state index contributed by atoms with van der Waals surface area (Å²) in [7, 11) is 0. The fourth-order valence-electron chi connectivity index (χ4n) is 2.22. The van der Waals surface area contributed by atoms with Crippen molar-refractivity contribution < 1.29 is 9.18 Å². The zero-order valence-corrected chi connectivity index (χ0v) is 16.1. The number of carbonyl (C=O) groups is 1. The molecule has 0 aliphatic carbocycles. The van der Waals surface area contributed by atoms with Crippen molar-refractivity contribution in [3.63, 3.8) is 0 Å². The fourth-order valence-corrected chi connectivity index (χ4v) is 6.78. The van der Waals surface area contributed by atoms with Crippen LogP contribution < -0.4 is 0 Å². The molecule has 20 heavy (non-hydrogen) atoms. The van der Waals surface area contributed by atoms with Gasteiger partial charge in [-0.05, 0) is 44.7 Å². The van der Waals surface area contributed by atoms with Crippen LogP contribution in [0.4, 0.5) is 4.39 Å². The summed E-state index contributed by atoms with van der Waals surface area (Å²) in [4.78, 5) is 12.8. The van der Waals surface area contributed by atoms with Gasteiger partial charge in [0.25, 0.3) is 0 Å². The molecule has 0 spiro atoms. The van der Waals surface area contributed by atoms with Gasteiger partial charge < -0.3 is 0 Å². The van der Waals surface area contributed by atoms with Crippen molar-refractivity contribution in [2.75, 3.05) is 0 Å². The molecular weight excluding hydrogens is 427 g/mol. The maximum absolute atomic E-state index is 14.5. The van der Waals surface area contributed by atoms with E-state index < -0.39 is 0 Å². The third-order valence-electron chi connectivity index (χ3n) is 3.40. The summed E-state index contributed by atoms with van der Waals surface area (Å²) in [6.45, 7) is 4.10. The third kappa shape index (κ3) is 3.03. The summed E-state index contributed by atoms with van der Waals surface area (Å²) in [5, 5.41) is 0.542. The Labute approximate surface area is 142 Å². The van der Waals surface area contributed by atoms with E-state index in [1.807, 2.05) is 6.92 Å². The molecule has 0 fully saturated rings. The van der Waals surface area contributed by atoms with Crippen molar-refractivity contribution >= 4 is 70.4 Å². The highest BCUT2D eigenvalue weighted by Gasteiger charge is 2.27. The number of hydrogen-bond acceptors (Lipinski definition) is 3. The molecule has 2 rings (SSSR count). The van der Waals surface area contributed by atoms with E-state index >= 15 is 0 Å². The van der Waals surface area contributed by atoms with Crippen LogP contribution in [0.15, 0.2) is 7.57 Å². The summed E-state index contributed by atoms with van der Waals surface area (Å²) in [6, 6.07) is 0. The van der Waals surface area contributed by atoms with Crippen LogP contribution in [0, 0.1) is 11.7 Å². The van der Waals surface area contributed by atoms with E-state index in [0.29, 0.717) is 5.39 Å². The molecule has 0 aliphatic rings. The molecule has 0 amide bonds. The van der Waals surface area contributed by atoms with Crippen molar-refractivity contribution in [1.82, 2.24) is 0 Å². The van der Waals surface area contributed by atoms with E-state index in [0.717, 1.165) is 38.0 Å². The molecule has 2 aromatic heterocycles. The molecule has 6 heteroatoms. The lowest BCUT2D eigenvalue weighted by atomic mass is 9.94. The molecule has 0 radical (unpaired) electrons. The molecule has 0 aliphatic heterocycles. The Morgan fingerprint density at radius 3 is 2.50 bits per heavy atom. The van der Waals surface area contributed by atoms with E-state index in [9.17, 15) is 9.18 Å². The number of carbonyl (C=O) groups excluding carboxylic acids is 1. The summed E-state index contributed by atoms with van der Waals surface area (Å²) in [6.07, 6.45) is 3.69. The Balaban J connectivity index is 2.39. The second kappa shape index (κ2) is 6.99. The smallest absolute Gasteiger partial charge is 0.178 e. The Morgan fingerprint density at radius 1 is 1.25 bits per heavy atom. The van der Waals surface area contributed by atoms with E-state index in [2.05, 4.69) is 38.8 Å². The SMILES string of the molecule is CCCC[C@H](CC)C(=O)c1sc2c(Br)sc(Br)c2c1F. The Hall–Kier alpha value is 0.220. The molecule has 0 aromatic carbocycles. The number of hydrogen-bond donors (Lipinski definition) is 0. The van der Waals surface area contributed by atoms with Crippen LogP contribution in [0.3, 0.4) is 0 Å². The third-order valence-corrected chi connectivity index (χ3v) is 7.52. The zero-order valence-electron chi connectivity index (χ0n) is 11.3. The second-order valence-corrected chi connectivity index (χ2v) is 9.39. The number of fused-ring (bicyclic) bond motifs is 1. The standard InChI is InChI=1S/C14H15Br2FOS2/c1-3-5-6-7(4-2)10(18)12-9(17)8-11(19-12)14(16)20-13(8)15/h7H,3-6H2,1-2H3/t7-/m0/s1. The van der Waals surface area contributed by atoms with Crippen LogP contribution in [0.25, 0.3) is 10.1 Å². The second-order valence-electron chi connectivity index (χ2n) is 4.71. The number of ketones is 1. The van der Waals surface area contributed by atoms with Crippen LogP contribution in [0.2, 0.25) is 0 Å². The van der Waals surface area contributed by atoms with Gasteiger partial charge >= 0.3 is 0 Å². The number of Topliss-reactive ketones (excluding diaryl/α,β-unsaturated/α-hetero) is 1. The molecule has 1 nitrogen and oxygen atoms in total. The molecule has 1 atom stereocenters. The van der Waals surface area contributed by atoms with Crippen LogP contribution >= 0.6 is 54.5 Å². The van der Waals surface area contributed by atoms with Gasteiger partial charge in [-0.1, -0.05) is 26.7 Å². The zero-order chi connectivity index (χ0) is 14.9. The summed E-state index contributed by atoms with van der Waals surface area (Å²) >= 11 is 9.51. The summed E-state index contributed by atoms with van der Waals surface area (Å²) < 4.78 is 17.0. The topological polar surface area (TPSA) is 17.1 Å². The van der Waals surface area contributed by atoms with Crippen molar-refractivity contribution in [1.29, 1.82) is 0 Å². The average Bonchev–Trinajstić information content (AvgIpc) is 2.90. The lowest BCUT2D eigenvalue weighted by Crippen LogP contribution is -2.13. The Morgan fingerprint density at radius 2 is 1.95 bits per heavy atom. The van der Waals surface area contributed by atoms with Gasteiger partial charge in [0.15, 0.2) is 11.6 Å². The molecule has 2 aromatic rings. The average molecular weight is 442 g/mol.